The first-order valence-corrected chi connectivity index (χ1v) is 4.95. The maximum Gasteiger partial charge on any atom is 0.276 e. The third-order valence-electron chi connectivity index (χ3n) is 1.26. The monoisotopic (exact) mass is 187 g/mol. The maximum atomic E-state index is 5.18. The van der Waals surface area contributed by atoms with Gasteiger partial charge in [0.05, 0.1) is 0 Å². The first kappa shape index (κ1) is 9.54. The highest BCUT2D eigenvalue weighted by Gasteiger charge is 2.00. The van der Waals surface area contributed by atoms with Crippen LogP contribution in [0.4, 0.5) is 0 Å². The molecule has 0 aliphatic heterocycles. The van der Waals surface area contributed by atoms with Crippen molar-refractivity contribution in [1.29, 1.82) is 0 Å². The van der Waals surface area contributed by atoms with Crippen molar-refractivity contribution >= 4 is 11.8 Å². The molecule has 0 saturated carbocycles. The van der Waals surface area contributed by atoms with Crippen LogP contribution in [0.2, 0.25) is 0 Å². The van der Waals surface area contributed by atoms with Crippen molar-refractivity contribution in [2.24, 2.45) is 0 Å². The van der Waals surface area contributed by atoms with Crippen LogP contribution < -0.4 is 5.32 Å². The normalized spacial score (nSPS) is 10.5. The van der Waals surface area contributed by atoms with E-state index in [0.717, 1.165) is 18.8 Å². The maximum absolute atomic E-state index is 5.18. The third-order valence-corrected chi connectivity index (χ3v) is 2.08. The van der Waals surface area contributed by atoms with Gasteiger partial charge in [-0.25, -0.2) is 0 Å². The zero-order valence-corrected chi connectivity index (χ0v) is 8.15. The number of hydrogen-bond donors (Lipinski definition) is 1. The summed E-state index contributed by atoms with van der Waals surface area (Å²) < 4.78 is 5.18. The van der Waals surface area contributed by atoms with Crippen molar-refractivity contribution in [3.63, 3.8) is 0 Å². The summed E-state index contributed by atoms with van der Waals surface area (Å²) in [5.74, 6) is 1.59. The highest BCUT2D eigenvalue weighted by Crippen LogP contribution is 2.14. The molecule has 0 amide bonds. The van der Waals surface area contributed by atoms with E-state index in [1.807, 2.05) is 0 Å². The van der Waals surface area contributed by atoms with E-state index in [4.69, 9.17) is 4.42 Å². The van der Waals surface area contributed by atoms with Crippen molar-refractivity contribution in [3.8, 4) is 0 Å². The second-order valence-corrected chi connectivity index (χ2v) is 3.34. The van der Waals surface area contributed by atoms with Crippen LogP contribution in [0.3, 0.4) is 0 Å². The summed E-state index contributed by atoms with van der Waals surface area (Å²) in [6.45, 7) is 5.86. The molecule has 0 unspecified atom stereocenters. The Bertz CT molecular complexity index is 226. The Hall–Kier alpha value is -0.550. The minimum atomic E-state index is 0.626. The number of nitrogens with one attached hydrogen (secondary N) is 1. The van der Waals surface area contributed by atoms with Crippen LogP contribution in [-0.4, -0.2) is 29.0 Å². The predicted molar refractivity (Wildman–Crippen MR) is 48.3 cm³/mol. The smallest absolute Gasteiger partial charge is 0.276 e. The molecule has 1 rings (SSSR count). The number of hydrogen-bond acceptors (Lipinski definition) is 5. The van der Waals surface area contributed by atoms with Gasteiger partial charge in [0.15, 0.2) is 0 Å². The van der Waals surface area contributed by atoms with E-state index < -0.39 is 0 Å². The molecular weight excluding hydrogens is 174 g/mol. The first-order valence-electron chi connectivity index (χ1n) is 3.96. The molecule has 1 aromatic rings. The van der Waals surface area contributed by atoms with Gasteiger partial charge in [-0.1, -0.05) is 18.7 Å². The van der Waals surface area contributed by atoms with Gasteiger partial charge < -0.3 is 9.73 Å². The SMILES string of the molecule is CCNCCSc1nnc(C)o1. The molecule has 0 aliphatic rings. The highest BCUT2D eigenvalue weighted by atomic mass is 32.2. The zero-order chi connectivity index (χ0) is 8.81. The summed E-state index contributed by atoms with van der Waals surface area (Å²) >= 11 is 1.58. The van der Waals surface area contributed by atoms with Gasteiger partial charge in [0.25, 0.3) is 5.22 Å². The second-order valence-electron chi connectivity index (χ2n) is 2.29. The molecule has 0 aromatic carbocycles. The molecule has 0 aliphatic carbocycles. The quantitative estimate of drug-likeness (QED) is 0.552. The van der Waals surface area contributed by atoms with Gasteiger partial charge in [-0.05, 0) is 6.54 Å². The van der Waals surface area contributed by atoms with Crippen LogP contribution in [0.5, 0.6) is 0 Å². The Morgan fingerprint density at radius 3 is 2.92 bits per heavy atom. The zero-order valence-electron chi connectivity index (χ0n) is 7.33. The van der Waals surface area contributed by atoms with Gasteiger partial charge in [-0.2, -0.15) is 0 Å². The molecule has 5 heteroatoms. The number of aromatic nitrogens is 2. The summed E-state index contributed by atoms with van der Waals surface area (Å²) in [4.78, 5) is 0. The summed E-state index contributed by atoms with van der Waals surface area (Å²) in [5, 5.41) is 11.5. The van der Waals surface area contributed by atoms with Gasteiger partial charge in [-0.3, -0.25) is 0 Å². The number of aryl methyl sites for hydroxylation is 1. The van der Waals surface area contributed by atoms with Crippen molar-refractivity contribution in [1.82, 2.24) is 15.5 Å². The molecule has 12 heavy (non-hydrogen) atoms. The van der Waals surface area contributed by atoms with E-state index in [2.05, 4.69) is 22.4 Å². The molecule has 0 saturated heterocycles. The van der Waals surface area contributed by atoms with Crippen molar-refractivity contribution in [3.05, 3.63) is 5.89 Å². The summed E-state index contributed by atoms with van der Waals surface area (Å²) in [6.07, 6.45) is 0. The minimum absolute atomic E-state index is 0.626. The van der Waals surface area contributed by atoms with Crippen LogP contribution in [0.25, 0.3) is 0 Å². The van der Waals surface area contributed by atoms with Gasteiger partial charge in [-0.15, -0.1) is 10.2 Å². The average Bonchev–Trinajstić information content (AvgIpc) is 2.45. The fraction of sp³-hybridized carbons (Fsp3) is 0.714. The summed E-state index contributed by atoms with van der Waals surface area (Å²) in [7, 11) is 0. The van der Waals surface area contributed by atoms with Crippen molar-refractivity contribution in [2.45, 2.75) is 19.1 Å². The highest BCUT2D eigenvalue weighted by molar-refractivity contribution is 7.99. The number of nitrogens with zero attached hydrogens (tertiary/aromatic N) is 2. The number of rotatable bonds is 5. The number of thioether (sulfide) groups is 1. The van der Waals surface area contributed by atoms with Crippen molar-refractivity contribution < 1.29 is 4.42 Å². The van der Waals surface area contributed by atoms with Gasteiger partial charge in [0.2, 0.25) is 5.89 Å². The second kappa shape index (κ2) is 5.16. The van der Waals surface area contributed by atoms with Crippen LogP contribution in [0.15, 0.2) is 9.64 Å². The largest absolute Gasteiger partial charge is 0.416 e. The molecule has 68 valence electrons. The first-order chi connectivity index (χ1) is 5.83. The van der Waals surface area contributed by atoms with E-state index in [1.54, 1.807) is 18.7 Å². The van der Waals surface area contributed by atoms with E-state index in [-0.39, 0.29) is 0 Å². The molecule has 0 fully saturated rings. The van der Waals surface area contributed by atoms with Crippen molar-refractivity contribution in [2.75, 3.05) is 18.8 Å². The predicted octanol–water partition coefficient (Wildman–Crippen LogP) is 1.08. The molecule has 4 nitrogen and oxygen atoms in total. The molecule has 0 atom stereocenters. The standard InChI is InChI=1S/C7H13N3OS/c1-3-8-4-5-12-7-10-9-6(2)11-7/h8H,3-5H2,1-2H3. The Balaban J connectivity index is 2.15. The molecular formula is C7H13N3OS. The molecule has 1 N–H and O–H groups in total. The topological polar surface area (TPSA) is 51.0 Å². The van der Waals surface area contributed by atoms with Crippen LogP contribution in [0, 0.1) is 6.92 Å². The van der Waals surface area contributed by atoms with Gasteiger partial charge >= 0.3 is 0 Å². The Morgan fingerprint density at radius 2 is 2.33 bits per heavy atom. The lowest BCUT2D eigenvalue weighted by Crippen LogP contribution is -2.15. The third kappa shape index (κ3) is 3.23. The van der Waals surface area contributed by atoms with E-state index in [9.17, 15) is 0 Å². The molecule has 1 heterocycles. The fourth-order valence-electron chi connectivity index (χ4n) is 0.724. The van der Waals surface area contributed by atoms with E-state index in [0.29, 0.717) is 11.1 Å². The van der Waals surface area contributed by atoms with Crippen LogP contribution in [-0.2, 0) is 0 Å². The van der Waals surface area contributed by atoms with Crippen LogP contribution >= 0.6 is 11.8 Å². The summed E-state index contributed by atoms with van der Waals surface area (Å²) in [5.41, 5.74) is 0. The van der Waals surface area contributed by atoms with Crippen LogP contribution in [0.1, 0.15) is 12.8 Å². The lowest BCUT2D eigenvalue weighted by Gasteiger charge is -1.96. The molecule has 0 spiro atoms. The summed E-state index contributed by atoms with van der Waals surface area (Å²) in [6, 6.07) is 0. The minimum Gasteiger partial charge on any atom is -0.416 e. The Morgan fingerprint density at radius 1 is 1.50 bits per heavy atom. The lowest BCUT2D eigenvalue weighted by atomic mass is 10.7. The Labute approximate surface area is 76.1 Å². The molecule has 0 bridgehead atoms. The van der Waals surface area contributed by atoms with E-state index >= 15 is 0 Å². The average molecular weight is 187 g/mol. The molecule has 1 aromatic heterocycles. The van der Waals surface area contributed by atoms with E-state index in [1.165, 1.54) is 0 Å². The lowest BCUT2D eigenvalue weighted by molar-refractivity contribution is 0.429. The fourth-order valence-corrected chi connectivity index (χ4v) is 1.42. The molecule has 0 radical (unpaired) electrons. The van der Waals surface area contributed by atoms with Gasteiger partial charge in [0, 0.05) is 19.2 Å². The Kier molecular flexibility index (Phi) is 4.10. The van der Waals surface area contributed by atoms with Gasteiger partial charge in [0.1, 0.15) is 0 Å².